The Kier molecular flexibility index (Phi) is 2.99. The molecule has 6 nitrogen and oxygen atoms in total. The van der Waals surface area contributed by atoms with E-state index in [2.05, 4.69) is 10.2 Å². The number of nitrogens with one attached hydrogen (secondary N) is 1. The molecule has 0 spiro atoms. The number of aliphatic hydroxyl groups excluding tert-OH is 2. The second-order valence-corrected chi connectivity index (χ2v) is 4.36. The maximum absolute atomic E-state index is 9.52. The Hall–Kier alpha value is -1.50. The van der Waals surface area contributed by atoms with Crippen molar-refractivity contribution in [3.8, 4) is 11.5 Å². The second kappa shape index (κ2) is 4.64. The summed E-state index contributed by atoms with van der Waals surface area (Å²) in [7, 11) is 0. The molecular weight excluding hydrogens is 236 g/mol. The highest BCUT2D eigenvalue weighted by molar-refractivity contribution is 5.65. The fraction of sp³-hybridized carbons (Fsp3) is 0.500. The summed E-state index contributed by atoms with van der Waals surface area (Å²) in [4.78, 5) is 2.17. The normalized spacial score (nSPS) is 27.1. The van der Waals surface area contributed by atoms with Crippen LogP contribution in [0.5, 0.6) is 11.5 Å². The Bertz CT molecular complexity index is 434. The van der Waals surface area contributed by atoms with E-state index >= 15 is 0 Å². The number of rotatable bonds is 1. The number of hydrogen-bond donors (Lipinski definition) is 3. The van der Waals surface area contributed by atoms with Crippen LogP contribution in [0.15, 0.2) is 18.2 Å². The molecule has 2 heterocycles. The molecule has 0 saturated carbocycles. The molecule has 0 aliphatic carbocycles. The average molecular weight is 252 g/mol. The highest BCUT2D eigenvalue weighted by atomic mass is 16.7. The first kappa shape index (κ1) is 11.6. The van der Waals surface area contributed by atoms with E-state index in [1.165, 1.54) is 0 Å². The zero-order valence-corrected chi connectivity index (χ0v) is 9.87. The molecule has 98 valence electrons. The van der Waals surface area contributed by atoms with Gasteiger partial charge in [0.2, 0.25) is 0 Å². The topological polar surface area (TPSA) is 74.2 Å². The molecule has 0 radical (unpaired) electrons. The molecule has 1 fully saturated rings. The van der Waals surface area contributed by atoms with Crippen molar-refractivity contribution in [2.45, 2.75) is 12.6 Å². The summed E-state index contributed by atoms with van der Waals surface area (Å²) < 4.78 is 10.6. The molecule has 3 N–H and O–H groups in total. The van der Waals surface area contributed by atoms with Gasteiger partial charge in [-0.1, -0.05) is 6.07 Å². The Morgan fingerprint density at radius 2 is 1.83 bits per heavy atom. The van der Waals surface area contributed by atoms with Gasteiger partial charge in [-0.05, 0) is 12.1 Å². The first-order chi connectivity index (χ1) is 8.75. The summed E-state index contributed by atoms with van der Waals surface area (Å²) in [5.41, 5.74) is 0.889. The minimum atomic E-state index is -1.35. The van der Waals surface area contributed by atoms with Crippen LogP contribution >= 0.6 is 0 Å². The van der Waals surface area contributed by atoms with Gasteiger partial charge in [-0.3, -0.25) is 0 Å². The average Bonchev–Trinajstić information content (AvgIpc) is 2.40. The fourth-order valence-electron chi connectivity index (χ4n) is 2.24. The molecule has 2 unspecified atom stereocenters. The first-order valence-corrected chi connectivity index (χ1v) is 6.04. The smallest absolute Gasteiger partial charge is 0.260 e. The highest BCUT2D eigenvalue weighted by Gasteiger charge is 2.31. The van der Waals surface area contributed by atoms with Crippen molar-refractivity contribution in [1.82, 2.24) is 5.32 Å². The van der Waals surface area contributed by atoms with Crippen LogP contribution in [0.1, 0.15) is 0 Å². The van der Waals surface area contributed by atoms with E-state index in [1.54, 1.807) is 6.07 Å². The van der Waals surface area contributed by atoms with Crippen molar-refractivity contribution in [2.24, 2.45) is 0 Å². The van der Waals surface area contributed by atoms with Crippen LogP contribution in [-0.4, -0.2) is 49.0 Å². The summed E-state index contributed by atoms with van der Waals surface area (Å²) in [5, 5.41) is 22.2. The van der Waals surface area contributed by atoms with E-state index in [4.69, 9.17) is 9.47 Å². The molecule has 3 rings (SSSR count). The van der Waals surface area contributed by atoms with Crippen molar-refractivity contribution >= 4 is 5.69 Å². The van der Waals surface area contributed by atoms with Crippen LogP contribution in [0.4, 0.5) is 5.69 Å². The molecule has 1 aromatic carbocycles. The van der Waals surface area contributed by atoms with Gasteiger partial charge in [0.05, 0.1) is 5.69 Å². The van der Waals surface area contributed by atoms with Crippen molar-refractivity contribution < 1.29 is 19.7 Å². The van der Waals surface area contributed by atoms with Gasteiger partial charge in [0.1, 0.15) is 0 Å². The van der Waals surface area contributed by atoms with Crippen molar-refractivity contribution in [3.05, 3.63) is 18.2 Å². The maximum Gasteiger partial charge on any atom is 0.260 e. The van der Waals surface area contributed by atoms with Gasteiger partial charge in [-0.15, -0.1) is 0 Å². The molecule has 6 heteroatoms. The Labute approximate surface area is 105 Å². The molecule has 0 bridgehead atoms. The molecule has 0 amide bonds. The third kappa shape index (κ3) is 1.98. The highest BCUT2D eigenvalue weighted by Crippen LogP contribution is 2.41. The van der Waals surface area contributed by atoms with Gasteiger partial charge in [0, 0.05) is 26.2 Å². The predicted molar refractivity (Wildman–Crippen MR) is 64.8 cm³/mol. The van der Waals surface area contributed by atoms with Crippen LogP contribution in [-0.2, 0) is 0 Å². The number of fused-ring (bicyclic) bond motifs is 1. The molecule has 18 heavy (non-hydrogen) atoms. The number of para-hydroxylation sites is 1. The number of anilines is 1. The lowest BCUT2D eigenvalue weighted by molar-refractivity contribution is -0.197. The van der Waals surface area contributed by atoms with Gasteiger partial charge < -0.3 is 29.9 Å². The monoisotopic (exact) mass is 252 g/mol. The number of nitrogens with zero attached hydrogens (tertiary/aromatic N) is 1. The Balaban J connectivity index is 1.93. The standard InChI is InChI=1S/C12H16N2O4/c15-11-12(16)18-10-8(2-1-3-9(10)17-11)14-6-4-13-5-7-14/h1-3,11-13,15-16H,4-7H2. The van der Waals surface area contributed by atoms with Crippen molar-refractivity contribution in [3.63, 3.8) is 0 Å². The summed E-state index contributed by atoms with van der Waals surface area (Å²) in [6, 6.07) is 5.50. The van der Waals surface area contributed by atoms with Gasteiger partial charge in [-0.2, -0.15) is 0 Å². The van der Waals surface area contributed by atoms with Crippen LogP contribution in [0.3, 0.4) is 0 Å². The van der Waals surface area contributed by atoms with E-state index in [0.717, 1.165) is 31.9 Å². The summed E-state index contributed by atoms with van der Waals surface area (Å²) in [6.07, 6.45) is -2.68. The molecular formula is C12H16N2O4. The third-order valence-electron chi connectivity index (χ3n) is 3.15. The SMILES string of the molecule is OC1Oc2cccc(N3CCNCC3)c2OC1O. The number of piperazine rings is 1. The fourth-order valence-corrected chi connectivity index (χ4v) is 2.24. The number of ether oxygens (including phenoxy) is 2. The van der Waals surface area contributed by atoms with E-state index in [-0.39, 0.29) is 0 Å². The van der Waals surface area contributed by atoms with Gasteiger partial charge in [0.25, 0.3) is 12.6 Å². The van der Waals surface area contributed by atoms with E-state index in [0.29, 0.717) is 11.5 Å². The molecule has 2 aliphatic heterocycles. The molecule has 0 aromatic heterocycles. The first-order valence-electron chi connectivity index (χ1n) is 6.04. The van der Waals surface area contributed by atoms with E-state index in [1.807, 2.05) is 12.1 Å². The largest absolute Gasteiger partial charge is 0.454 e. The number of hydrogen-bond acceptors (Lipinski definition) is 6. The lowest BCUT2D eigenvalue weighted by Gasteiger charge is -2.34. The molecule has 2 aliphatic rings. The number of aliphatic hydroxyl groups is 2. The molecule has 2 atom stereocenters. The van der Waals surface area contributed by atoms with E-state index in [9.17, 15) is 10.2 Å². The van der Waals surface area contributed by atoms with Gasteiger partial charge >= 0.3 is 0 Å². The van der Waals surface area contributed by atoms with Crippen LogP contribution < -0.4 is 19.7 Å². The number of benzene rings is 1. The van der Waals surface area contributed by atoms with Crippen molar-refractivity contribution in [2.75, 3.05) is 31.1 Å². The molecule has 1 saturated heterocycles. The molecule has 1 aromatic rings. The van der Waals surface area contributed by atoms with E-state index < -0.39 is 12.6 Å². The lowest BCUT2D eigenvalue weighted by atomic mass is 10.2. The predicted octanol–water partition coefficient (Wildman–Crippen LogP) is -0.496. The van der Waals surface area contributed by atoms with Crippen LogP contribution in [0.2, 0.25) is 0 Å². The zero-order chi connectivity index (χ0) is 12.5. The minimum absolute atomic E-state index is 0.462. The summed E-state index contributed by atoms with van der Waals surface area (Å²) in [6.45, 7) is 3.57. The van der Waals surface area contributed by atoms with Gasteiger partial charge in [0.15, 0.2) is 11.5 Å². The third-order valence-corrected chi connectivity index (χ3v) is 3.15. The van der Waals surface area contributed by atoms with Gasteiger partial charge in [-0.25, -0.2) is 0 Å². The minimum Gasteiger partial charge on any atom is -0.454 e. The summed E-state index contributed by atoms with van der Waals surface area (Å²) in [5.74, 6) is 0.959. The zero-order valence-electron chi connectivity index (χ0n) is 9.87. The van der Waals surface area contributed by atoms with Crippen LogP contribution in [0, 0.1) is 0 Å². The Morgan fingerprint density at radius 3 is 2.61 bits per heavy atom. The lowest BCUT2D eigenvalue weighted by Crippen LogP contribution is -2.45. The quantitative estimate of drug-likeness (QED) is 0.626. The van der Waals surface area contributed by atoms with Crippen molar-refractivity contribution in [1.29, 1.82) is 0 Å². The maximum atomic E-state index is 9.52. The summed E-state index contributed by atoms with van der Waals surface area (Å²) >= 11 is 0. The van der Waals surface area contributed by atoms with Crippen LogP contribution in [0.25, 0.3) is 0 Å². The Morgan fingerprint density at radius 1 is 1.11 bits per heavy atom. The second-order valence-electron chi connectivity index (χ2n) is 4.36.